The van der Waals surface area contributed by atoms with Crippen molar-refractivity contribution in [2.75, 3.05) is 38.5 Å². The lowest BCUT2D eigenvalue weighted by Crippen LogP contribution is -2.69. The van der Waals surface area contributed by atoms with E-state index in [4.69, 9.17) is 9.47 Å². The number of rotatable bonds is 9. The fraction of sp³-hybridized carbons (Fsp3) is 0.357. The largest absolute Gasteiger partial charge is 0.399 e. The van der Waals surface area contributed by atoms with Crippen LogP contribution in [0.3, 0.4) is 0 Å². The molecule has 2 aliphatic rings. The highest BCUT2D eigenvalue weighted by molar-refractivity contribution is 7.80. The second-order valence-electron chi connectivity index (χ2n) is 9.19. The van der Waals surface area contributed by atoms with E-state index in [2.05, 4.69) is 23.3 Å². The standard InChI is InChI=1S/C28H32N4O6S/c33-24-11-12-25(34)38-28(37-24)20-29-14-16-32(28)26(35)23(19-22-9-5-2-6-10-22)30-27(36)31(17-18-39)15-13-21-7-3-1-4-8-21/h1-12,23,29,39H,13-20H2,(H,30,36)/t23-/m0/s1. The zero-order valence-electron chi connectivity index (χ0n) is 21.5. The summed E-state index contributed by atoms with van der Waals surface area (Å²) in [6, 6.07) is 17.6. The minimum atomic E-state index is -1.97. The summed E-state index contributed by atoms with van der Waals surface area (Å²) in [5, 5.41) is 5.90. The van der Waals surface area contributed by atoms with Gasteiger partial charge in [0.25, 0.3) is 5.91 Å². The molecule has 2 N–H and O–H groups in total. The Kier molecular flexibility index (Phi) is 9.61. The van der Waals surface area contributed by atoms with Crippen molar-refractivity contribution >= 4 is 36.5 Å². The zero-order valence-corrected chi connectivity index (χ0v) is 22.3. The summed E-state index contributed by atoms with van der Waals surface area (Å²) in [5.74, 6) is -3.69. The fourth-order valence-electron chi connectivity index (χ4n) is 4.53. The van der Waals surface area contributed by atoms with Crippen LogP contribution in [0.15, 0.2) is 72.8 Å². The molecule has 1 fully saturated rings. The van der Waals surface area contributed by atoms with Gasteiger partial charge in [-0.1, -0.05) is 60.7 Å². The van der Waals surface area contributed by atoms with Gasteiger partial charge in [0, 0.05) is 50.5 Å². The molecule has 0 radical (unpaired) electrons. The Morgan fingerprint density at radius 3 is 2.21 bits per heavy atom. The summed E-state index contributed by atoms with van der Waals surface area (Å²) in [7, 11) is 0. The van der Waals surface area contributed by atoms with E-state index < -0.39 is 35.8 Å². The number of thiol groups is 1. The number of benzene rings is 2. The predicted octanol–water partition coefficient (Wildman–Crippen LogP) is 1.52. The first kappa shape index (κ1) is 28.2. The van der Waals surface area contributed by atoms with E-state index in [9.17, 15) is 19.2 Å². The zero-order chi connectivity index (χ0) is 27.7. The van der Waals surface area contributed by atoms with Crippen LogP contribution >= 0.6 is 12.6 Å². The maximum absolute atomic E-state index is 14.0. The molecule has 0 aromatic heterocycles. The highest BCUT2D eigenvalue weighted by atomic mass is 32.1. The molecule has 1 saturated heterocycles. The summed E-state index contributed by atoms with van der Waals surface area (Å²) in [5.41, 5.74) is 1.90. The lowest BCUT2D eigenvalue weighted by molar-refractivity contribution is -0.279. The van der Waals surface area contributed by atoms with Crippen molar-refractivity contribution in [3.63, 3.8) is 0 Å². The van der Waals surface area contributed by atoms with E-state index in [1.807, 2.05) is 60.7 Å². The van der Waals surface area contributed by atoms with Crippen LogP contribution in [-0.2, 0) is 36.7 Å². The lowest BCUT2D eigenvalue weighted by atomic mass is 10.0. The van der Waals surface area contributed by atoms with Crippen LogP contribution in [0.25, 0.3) is 0 Å². The van der Waals surface area contributed by atoms with Gasteiger partial charge >= 0.3 is 23.9 Å². The van der Waals surface area contributed by atoms with Crippen molar-refractivity contribution in [1.29, 1.82) is 0 Å². The molecule has 39 heavy (non-hydrogen) atoms. The molecule has 1 atom stereocenters. The summed E-state index contributed by atoms with van der Waals surface area (Å²) < 4.78 is 10.9. The quantitative estimate of drug-likeness (QED) is 0.319. The minimum Gasteiger partial charge on any atom is -0.399 e. The van der Waals surface area contributed by atoms with E-state index in [0.717, 1.165) is 23.3 Å². The number of amides is 3. The molecule has 2 heterocycles. The maximum Gasteiger partial charge on any atom is 0.358 e. The lowest BCUT2D eigenvalue weighted by Gasteiger charge is -2.44. The average Bonchev–Trinajstić information content (AvgIpc) is 3.08. The van der Waals surface area contributed by atoms with Gasteiger partial charge in [0.15, 0.2) is 0 Å². The molecule has 0 aliphatic carbocycles. The van der Waals surface area contributed by atoms with Crippen molar-refractivity contribution < 1.29 is 28.7 Å². The highest BCUT2D eigenvalue weighted by Gasteiger charge is 2.51. The smallest absolute Gasteiger partial charge is 0.358 e. The molecule has 2 aliphatic heterocycles. The highest BCUT2D eigenvalue weighted by Crippen LogP contribution is 2.26. The maximum atomic E-state index is 14.0. The average molecular weight is 553 g/mol. The monoisotopic (exact) mass is 552 g/mol. The fourth-order valence-corrected chi connectivity index (χ4v) is 4.77. The number of carbonyl (C=O) groups excluding carboxylic acids is 4. The molecule has 3 amide bonds. The molecule has 4 rings (SSSR count). The predicted molar refractivity (Wildman–Crippen MR) is 147 cm³/mol. The third-order valence-electron chi connectivity index (χ3n) is 6.46. The van der Waals surface area contributed by atoms with Crippen molar-refractivity contribution in [3.05, 3.63) is 83.9 Å². The first-order valence-electron chi connectivity index (χ1n) is 12.8. The van der Waals surface area contributed by atoms with Gasteiger partial charge in [0.2, 0.25) is 0 Å². The van der Waals surface area contributed by atoms with Crippen molar-refractivity contribution in [2.45, 2.75) is 24.8 Å². The normalized spacial score (nSPS) is 17.1. The Hall–Kier alpha value is -3.83. The van der Waals surface area contributed by atoms with E-state index in [1.165, 1.54) is 4.90 Å². The Balaban J connectivity index is 1.57. The molecule has 0 saturated carbocycles. The summed E-state index contributed by atoms with van der Waals surface area (Å²) in [6.07, 6.45) is 2.73. The number of urea groups is 1. The van der Waals surface area contributed by atoms with Crippen molar-refractivity contribution in [1.82, 2.24) is 20.4 Å². The summed E-state index contributed by atoms with van der Waals surface area (Å²) in [4.78, 5) is 54.9. The molecule has 206 valence electrons. The van der Waals surface area contributed by atoms with Crippen molar-refractivity contribution in [3.8, 4) is 0 Å². The number of piperazine rings is 1. The van der Waals surface area contributed by atoms with Gasteiger partial charge in [-0.25, -0.2) is 14.4 Å². The second-order valence-corrected chi connectivity index (χ2v) is 9.64. The number of hydrogen-bond donors (Lipinski definition) is 3. The van der Waals surface area contributed by atoms with Gasteiger partial charge in [-0.3, -0.25) is 9.69 Å². The van der Waals surface area contributed by atoms with E-state index in [-0.39, 0.29) is 19.5 Å². The van der Waals surface area contributed by atoms with Gasteiger partial charge in [0.05, 0.1) is 6.54 Å². The molecule has 1 spiro atoms. The number of nitrogens with zero attached hydrogens (tertiary/aromatic N) is 2. The molecular weight excluding hydrogens is 520 g/mol. The van der Waals surface area contributed by atoms with Crippen LogP contribution in [0.4, 0.5) is 4.79 Å². The first-order valence-corrected chi connectivity index (χ1v) is 13.4. The van der Waals surface area contributed by atoms with Crippen LogP contribution < -0.4 is 10.6 Å². The molecular formula is C28H32N4O6S. The Morgan fingerprint density at radius 1 is 0.974 bits per heavy atom. The van der Waals surface area contributed by atoms with Crippen LogP contribution in [0.2, 0.25) is 0 Å². The number of carbonyl (C=O) groups is 4. The minimum absolute atomic E-state index is 0.0922. The molecule has 10 nitrogen and oxygen atoms in total. The van der Waals surface area contributed by atoms with E-state index >= 15 is 0 Å². The number of nitrogens with one attached hydrogen (secondary N) is 2. The van der Waals surface area contributed by atoms with Gasteiger partial charge in [0.1, 0.15) is 6.04 Å². The number of ether oxygens (including phenoxy) is 2. The third kappa shape index (κ3) is 7.39. The summed E-state index contributed by atoms with van der Waals surface area (Å²) >= 11 is 4.31. The van der Waals surface area contributed by atoms with Crippen LogP contribution in [0.1, 0.15) is 11.1 Å². The Labute approximate surface area is 232 Å². The van der Waals surface area contributed by atoms with Gasteiger partial charge < -0.3 is 25.0 Å². The van der Waals surface area contributed by atoms with E-state index in [1.54, 1.807) is 4.90 Å². The van der Waals surface area contributed by atoms with Gasteiger partial charge in [-0.05, 0) is 17.5 Å². The van der Waals surface area contributed by atoms with E-state index in [0.29, 0.717) is 31.8 Å². The second kappa shape index (κ2) is 13.3. The van der Waals surface area contributed by atoms with Crippen LogP contribution in [0, 0.1) is 0 Å². The topological polar surface area (TPSA) is 117 Å². The molecule has 11 heteroatoms. The SMILES string of the molecule is O=C1C=CC(=O)OC2(CNCCN2C(=O)[C@H](Cc2ccccc2)NC(=O)N(CCS)CCc2ccccc2)O1. The van der Waals surface area contributed by atoms with Gasteiger partial charge in [-0.2, -0.15) is 12.6 Å². The summed E-state index contributed by atoms with van der Waals surface area (Å²) in [6.45, 7) is 1.18. The third-order valence-corrected chi connectivity index (χ3v) is 6.66. The Bertz CT molecular complexity index is 1170. The van der Waals surface area contributed by atoms with Gasteiger partial charge in [-0.15, -0.1) is 0 Å². The number of esters is 2. The van der Waals surface area contributed by atoms with Crippen LogP contribution in [-0.4, -0.2) is 84.1 Å². The Morgan fingerprint density at radius 2 is 1.59 bits per heavy atom. The van der Waals surface area contributed by atoms with Crippen LogP contribution in [0.5, 0.6) is 0 Å². The number of hydrogen-bond acceptors (Lipinski definition) is 8. The molecule has 0 bridgehead atoms. The molecule has 2 aromatic rings. The molecule has 0 unspecified atom stereocenters. The first-order chi connectivity index (χ1) is 18.9. The van der Waals surface area contributed by atoms with Crippen molar-refractivity contribution in [2.24, 2.45) is 0 Å². The molecule has 2 aromatic carbocycles.